The van der Waals surface area contributed by atoms with Crippen LogP contribution in [-0.2, 0) is 9.53 Å². The van der Waals surface area contributed by atoms with Crippen LogP contribution in [0.15, 0.2) is 28.7 Å². The number of hydrogen-bond acceptors (Lipinski definition) is 3. The quantitative estimate of drug-likeness (QED) is 0.708. The minimum atomic E-state index is 0.0227. The topological polar surface area (TPSA) is 47.6 Å². The second-order valence-corrected chi connectivity index (χ2v) is 5.02. The van der Waals surface area contributed by atoms with Crippen molar-refractivity contribution in [3.05, 3.63) is 28.7 Å². The van der Waals surface area contributed by atoms with Crippen LogP contribution in [0.25, 0.3) is 0 Å². The molecule has 0 atom stereocenters. The number of hydrogen-bond donors (Lipinski definition) is 1. The number of amides is 1. The van der Waals surface area contributed by atoms with Crippen molar-refractivity contribution in [1.82, 2.24) is 5.32 Å². The zero-order chi connectivity index (χ0) is 13.9. The van der Waals surface area contributed by atoms with Crippen molar-refractivity contribution in [2.75, 3.05) is 26.9 Å². The molecule has 0 bridgehead atoms. The van der Waals surface area contributed by atoms with E-state index in [1.54, 1.807) is 7.11 Å². The molecule has 0 aliphatic carbocycles. The smallest absolute Gasteiger partial charge is 0.223 e. The van der Waals surface area contributed by atoms with Crippen LogP contribution in [0.2, 0.25) is 0 Å². The van der Waals surface area contributed by atoms with Crippen LogP contribution in [0.4, 0.5) is 0 Å². The van der Waals surface area contributed by atoms with Gasteiger partial charge in [-0.25, -0.2) is 0 Å². The highest BCUT2D eigenvalue weighted by Gasteiger charge is 2.01. The van der Waals surface area contributed by atoms with E-state index in [2.05, 4.69) is 21.2 Å². The summed E-state index contributed by atoms with van der Waals surface area (Å²) in [6.07, 6.45) is 2.28. The number of unbranched alkanes of at least 4 members (excludes halogenated alkanes) is 1. The highest BCUT2D eigenvalue weighted by atomic mass is 79.9. The summed E-state index contributed by atoms with van der Waals surface area (Å²) < 4.78 is 11.4. The van der Waals surface area contributed by atoms with Gasteiger partial charge in [0, 0.05) is 24.7 Å². The second kappa shape index (κ2) is 9.81. The normalized spacial score (nSPS) is 10.2. The van der Waals surface area contributed by atoms with E-state index >= 15 is 0 Å². The van der Waals surface area contributed by atoms with Gasteiger partial charge in [0.25, 0.3) is 0 Å². The summed E-state index contributed by atoms with van der Waals surface area (Å²) in [6.45, 7) is 1.83. The Morgan fingerprint density at radius 2 is 1.95 bits per heavy atom. The number of nitrogens with one attached hydrogen (secondary N) is 1. The molecule has 1 aromatic rings. The molecule has 1 amide bonds. The summed E-state index contributed by atoms with van der Waals surface area (Å²) >= 11 is 3.35. The fraction of sp³-hybridized carbons (Fsp3) is 0.500. The van der Waals surface area contributed by atoms with Gasteiger partial charge in [0.2, 0.25) is 5.91 Å². The first kappa shape index (κ1) is 16.0. The van der Waals surface area contributed by atoms with Crippen molar-refractivity contribution < 1.29 is 14.3 Å². The maximum absolute atomic E-state index is 11.5. The minimum Gasteiger partial charge on any atom is -0.493 e. The number of halogens is 1. The lowest BCUT2D eigenvalue weighted by Gasteiger charge is -2.07. The fourth-order valence-electron chi connectivity index (χ4n) is 1.48. The number of methoxy groups -OCH3 is 1. The Balaban J connectivity index is 2.05. The zero-order valence-electron chi connectivity index (χ0n) is 11.2. The first-order chi connectivity index (χ1) is 9.22. The molecule has 1 N–H and O–H groups in total. The molecule has 0 saturated heterocycles. The fourth-order valence-corrected chi connectivity index (χ4v) is 1.74. The van der Waals surface area contributed by atoms with Crippen molar-refractivity contribution in [3.8, 4) is 5.75 Å². The number of carbonyl (C=O) groups is 1. The molecule has 1 rings (SSSR count). The molecule has 4 nitrogen and oxygen atoms in total. The molecule has 0 unspecified atom stereocenters. The van der Waals surface area contributed by atoms with E-state index in [1.807, 2.05) is 24.3 Å². The second-order valence-electron chi connectivity index (χ2n) is 4.10. The maximum atomic E-state index is 11.5. The van der Waals surface area contributed by atoms with Crippen LogP contribution >= 0.6 is 15.9 Å². The molecule has 1 aromatic carbocycles. The Morgan fingerprint density at radius 1 is 1.21 bits per heavy atom. The van der Waals surface area contributed by atoms with Crippen molar-refractivity contribution >= 4 is 21.8 Å². The first-order valence-electron chi connectivity index (χ1n) is 6.36. The molecular formula is C14H20BrNO3. The van der Waals surface area contributed by atoms with Crippen molar-refractivity contribution in [3.63, 3.8) is 0 Å². The summed E-state index contributed by atoms with van der Waals surface area (Å²) in [4.78, 5) is 11.5. The van der Waals surface area contributed by atoms with Crippen LogP contribution < -0.4 is 10.1 Å². The van der Waals surface area contributed by atoms with Gasteiger partial charge < -0.3 is 14.8 Å². The Bertz CT molecular complexity index is 367. The van der Waals surface area contributed by atoms with Gasteiger partial charge in [-0.1, -0.05) is 15.9 Å². The van der Waals surface area contributed by atoms with Gasteiger partial charge in [-0.05, 0) is 37.1 Å². The standard InChI is InChI=1S/C14H20BrNO3/c1-18-10-3-2-9-16-14(17)8-11-19-13-6-4-12(15)5-7-13/h4-7H,2-3,8-11H2,1H3,(H,16,17). The van der Waals surface area contributed by atoms with Gasteiger partial charge in [0.1, 0.15) is 5.75 Å². The molecule has 106 valence electrons. The highest BCUT2D eigenvalue weighted by Crippen LogP contribution is 2.16. The molecule has 0 saturated carbocycles. The summed E-state index contributed by atoms with van der Waals surface area (Å²) in [6, 6.07) is 7.55. The van der Waals surface area contributed by atoms with Crippen LogP contribution in [0.1, 0.15) is 19.3 Å². The molecule has 0 radical (unpaired) electrons. The number of rotatable bonds is 9. The predicted octanol–water partition coefficient (Wildman–Crippen LogP) is 2.76. The summed E-state index contributed by atoms with van der Waals surface area (Å²) in [7, 11) is 1.68. The SMILES string of the molecule is COCCCCNC(=O)CCOc1ccc(Br)cc1. The van der Waals surface area contributed by atoms with Gasteiger partial charge in [-0.15, -0.1) is 0 Å². The van der Waals surface area contributed by atoms with Gasteiger partial charge in [-0.2, -0.15) is 0 Å². The van der Waals surface area contributed by atoms with E-state index in [0.717, 1.165) is 29.7 Å². The molecule has 5 heteroatoms. The highest BCUT2D eigenvalue weighted by molar-refractivity contribution is 9.10. The van der Waals surface area contributed by atoms with Gasteiger partial charge in [0.15, 0.2) is 0 Å². The van der Waals surface area contributed by atoms with Gasteiger partial charge in [-0.3, -0.25) is 4.79 Å². The summed E-state index contributed by atoms with van der Waals surface area (Å²) in [5.41, 5.74) is 0. The van der Waals surface area contributed by atoms with Gasteiger partial charge >= 0.3 is 0 Å². The average Bonchev–Trinajstić information content (AvgIpc) is 2.41. The van der Waals surface area contributed by atoms with Crippen molar-refractivity contribution in [2.24, 2.45) is 0 Å². The van der Waals surface area contributed by atoms with Crippen LogP contribution in [0.3, 0.4) is 0 Å². The lowest BCUT2D eigenvalue weighted by Crippen LogP contribution is -2.26. The lowest BCUT2D eigenvalue weighted by molar-refractivity contribution is -0.121. The Kier molecular flexibility index (Phi) is 8.25. The average molecular weight is 330 g/mol. The zero-order valence-corrected chi connectivity index (χ0v) is 12.7. The summed E-state index contributed by atoms with van der Waals surface area (Å²) in [5, 5.41) is 2.85. The van der Waals surface area contributed by atoms with E-state index in [1.165, 1.54) is 0 Å². The lowest BCUT2D eigenvalue weighted by atomic mass is 10.3. The number of benzene rings is 1. The monoisotopic (exact) mass is 329 g/mol. The van der Waals surface area contributed by atoms with Gasteiger partial charge in [0.05, 0.1) is 13.0 Å². The predicted molar refractivity (Wildman–Crippen MR) is 78.4 cm³/mol. The molecule has 0 aliphatic heterocycles. The van der Waals surface area contributed by atoms with Crippen LogP contribution in [0.5, 0.6) is 5.75 Å². The third-order valence-electron chi connectivity index (χ3n) is 2.51. The molecule has 0 aromatic heterocycles. The Morgan fingerprint density at radius 3 is 2.63 bits per heavy atom. The first-order valence-corrected chi connectivity index (χ1v) is 7.15. The molecule has 0 aliphatic rings. The third-order valence-corrected chi connectivity index (χ3v) is 3.04. The molecule has 0 fully saturated rings. The molecule has 19 heavy (non-hydrogen) atoms. The van der Waals surface area contributed by atoms with E-state index in [9.17, 15) is 4.79 Å². The van der Waals surface area contributed by atoms with Crippen molar-refractivity contribution in [2.45, 2.75) is 19.3 Å². The summed E-state index contributed by atoms with van der Waals surface area (Å²) in [5.74, 6) is 0.797. The minimum absolute atomic E-state index is 0.0227. The van der Waals surface area contributed by atoms with E-state index in [-0.39, 0.29) is 5.91 Å². The Labute approximate surface area is 122 Å². The van der Waals surface area contributed by atoms with Crippen LogP contribution in [-0.4, -0.2) is 32.8 Å². The molecule has 0 spiro atoms. The van der Waals surface area contributed by atoms with E-state index in [4.69, 9.17) is 9.47 Å². The molecular weight excluding hydrogens is 310 g/mol. The van der Waals surface area contributed by atoms with E-state index < -0.39 is 0 Å². The third kappa shape index (κ3) is 7.85. The van der Waals surface area contributed by atoms with E-state index in [0.29, 0.717) is 19.6 Å². The molecule has 0 heterocycles. The largest absolute Gasteiger partial charge is 0.493 e. The number of carbonyl (C=O) groups excluding carboxylic acids is 1. The number of ether oxygens (including phenoxy) is 2. The Hall–Kier alpha value is -1.07. The van der Waals surface area contributed by atoms with Crippen molar-refractivity contribution in [1.29, 1.82) is 0 Å². The van der Waals surface area contributed by atoms with Crippen LogP contribution in [0, 0.1) is 0 Å². The maximum Gasteiger partial charge on any atom is 0.223 e.